The highest BCUT2D eigenvalue weighted by Crippen LogP contribution is 2.29. The number of amides is 1. The van der Waals surface area contributed by atoms with E-state index in [-0.39, 0.29) is 11.8 Å². The third kappa shape index (κ3) is 2.28. The number of aryl methyl sites for hydroxylation is 1. The van der Waals surface area contributed by atoms with E-state index < -0.39 is 0 Å². The monoisotopic (exact) mass is 341 g/mol. The van der Waals surface area contributed by atoms with Crippen LogP contribution in [-0.2, 0) is 24.8 Å². The number of carbonyl (C=O) groups excluding carboxylic acids is 1. The topological polar surface area (TPSA) is 77.8 Å². The van der Waals surface area contributed by atoms with Gasteiger partial charge < -0.3 is 18.6 Å². The van der Waals surface area contributed by atoms with Gasteiger partial charge in [0.2, 0.25) is 0 Å². The number of rotatable bonds is 2. The summed E-state index contributed by atoms with van der Waals surface area (Å²) < 4.78 is 15.0. The molecule has 5 heterocycles. The molecule has 1 amide bonds. The van der Waals surface area contributed by atoms with Crippen molar-refractivity contribution in [1.82, 2.24) is 24.1 Å². The minimum absolute atomic E-state index is 0.0174. The van der Waals surface area contributed by atoms with Crippen molar-refractivity contribution in [1.29, 1.82) is 0 Å². The molecule has 0 N–H and O–H groups in total. The first kappa shape index (κ1) is 14.7. The number of hydrogen-bond acceptors (Lipinski definition) is 5. The van der Waals surface area contributed by atoms with Crippen molar-refractivity contribution >= 4 is 11.6 Å². The first-order valence-corrected chi connectivity index (χ1v) is 8.55. The molecular formula is C17H19N5O3. The average molecular weight is 341 g/mol. The predicted molar refractivity (Wildman–Crippen MR) is 87.3 cm³/mol. The van der Waals surface area contributed by atoms with Gasteiger partial charge in [0.1, 0.15) is 22.7 Å². The number of ether oxygens (including phenoxy) is 1. The Morgan fingerprint density at radius 1 is 1.36 bits per heavy atom. The smallest absolute Gasteiger partial charge is 0.259 e. The lowest BCUT2D eigenvalue weighted by Crippen LogP contribution is -2.35. The zero-order valence-corrected chi connectivity index (χ0v) is 14.0. The second kappa shape index (κ2) is 5.45. The standard InChI is InChI=1S/C17H19N5O3/c1-20-5-6-22-16(20)12(8-18-22)17(23)21-4-2-14-13(9-21)19-15(25-14)11-3-7-24-10-11/h5-6,8,11H,2-4,7,9-10H2,1H3. The molecule has 0 saturated carbocycles. The van der Waals surface area contributed by atoms with Crippen molar-refractivity contribution in [3.8, 4) is 0 Å². The van der Waals surface area contributed by atoms with Gasteiger partial charge in [-0.25, -0.2) is 9.50 Å². The molecule has 3 aromatic heterocycles. The van der Waals surface area contributed by atoms with E-state index >= 15 is 0 Å². The lowest BCUT2D eigenvalue weighted by atomic mass is 10.1. The summed E-state index contributed by atoms with van der Waals surface area (Å²) in [5, 5.41) is 4.26. The van der Waals surface area contributed by atoms with Gasteiger partial charge in [0.15, 0.2) is 5.89 Å². The van der Waals surface area contributed by atoms with E-state index in [1.165, 1.54) is 0 Å². The Hall–Kier alpha value is -2.61. The highest BCUT2D eigenvalue weighted by molar-refractivity contribution is 5.99. The molecule has 1 saturated heterocycles. The average Bonchev–Trinajstić information content (AvgIpc) is 3.39. The molecule has 130 valence electrons. The number of fused-ring (bicyclic) bond motifs is 2. The molecule has 2 aliphatic heterocycles. The van der Waals surface area contributed by atoms with Crippen LogP contribution in [0.1, 0.15) is 40.0 Å². The van der Waals surface area contributed by atoms with Crippen LogP contribution in [0.4, 0.5) is 0 Å². The van der Waals surface area contributed by atoms with Crippen LogP contribution in [0.25, 0.3) is 5.65 Å². The summed E-state index contributed by atoms with van der Waals surface area (Å²) in [6.45, 7) is 2.54. The van der Waals surface area contributed by atoms with Crippen LogP contribution in [0.2, 0.25) is 0 Å². The number of imidazole rings is 1. The number of nitrogens with zero attached hydrogens (tertiary/aromatic N) is 5. The van der Waals surface area contributed by atoms with Crippen LogP contribution in [0, 0.1) is 0 Å². The van der Waals surface area contributed by atoms with Crippen LogP contribution in [0.3, 0.4) is 0 Å². The van der Waals surface area contributed by atoms with Crippen molar-refractivity contribution in [3.63, 3.8) is 0 Å². The molecule has 0 aromatic carbocycles. The molecule has 0 spiro atoms. The Morgan fingerprint density at radius 3 is 3.12 bits per heavy atom. The van der Waals surface area contributed by atoms with Gasteiger partial charge in [0.25, 0.3) is 5.91 Å². The summed E-state index contributed by atoms with van der Waals surface area (Å²) in [6.07, 6.45) is 7.01. The molecular weight excluding hydrogens is 322 g/mol. The fourth-order valence-corrected chi connectivity index (χ4v) is 3.67. The maximum atomic E-state index is 13.0. The summed E-state index contributed by atoms with van der Waals surface area (Å²) in [4.78, 5) is 19.5. The number of hydrogen-bond donors (Lipinski definition) is 0. The Kier molecular flexibility index (Phi) is 3.21. The van der Waals surface area contributed by atoms with E-state index in [0.717, 1.165) is 36.0 Å². The summed E-state index contributed by atoms with van der Waals surface area (Å²) >= 11 is 0. The maximum absolute atomic E-state index is 13.0. The fourth-order valence-electron chi connectivity index (χ4n) is 3.67. The molecule has 8 heteroatoms. The minimum atomic E-state index is -0.0174. The molecule has 1 fully saturated rings. The largest absolute Gasteiger partial charge is 0.445 e. The van der Waals surface area contributed by atoms with Crippen molar-refractivity contribution in [2.45, 2.75) is 25.3 Å². The Bertz CT molecular complexity index is 947. The van der Waals surface area contributed by atoms with Gasteiger partial charge in [-0.05, 0) is 6.42 Å². The third-order valence-corrected chi connectivity index (χ3v) is 5.08. The number of aromatic nitrogens is 4. The van der Waals surface area contributed by atoms with E-state index in [2.05, 4.69) is 10.1 Å². The predicted octanol–water partition coefficient (Wildman–Crippen LogP) is 1.36. The van der Waals surface area contributed by atoms with Crippen LogP contribution >= 0.6 is 0 Å². The van der Waals surface area contributed by atoms with E-state index in [4.69, 9.17) is 9.15 Å². The van der Waals surface area contributed by atoms with Crippen LogP contribution in [-0.4, -0.2) is 49.7 Å². The van der Waals surface area contributed by atoms with Gasteiger partial charge in [-0.15, -0.1) is 0 Å². The first-order valence-electron chi connectivity index (χ1n) is 8.55. The van der Waals surface area contributed by atoms with Crippen LogP contribution in [0.15, 0.2) is 23.0 Å². The highest BCUT2D eigenvalue weighted by Gasteiger charge is 2.31. The maximum Gasteiger partial charge on any atom is 0.259 e. The van der Waals surface area contributed by atoms with E-state index in [1.807, 2.05) is 28.9 Å². The van der Waals surface area contributed by atoms with Gasteiger partial charge in [-0.2, -0.15) is 5.10 Å². The quantitative estimate of drug-likeness (QED) is 0.703. The number of carbonyl (C=O) groups is 1. The summed E-state index contributed by atoms with van der Waals surface area (Å²) in [5.74, 6) is 1.89. The Labute approximate surface area is 144 Å². The van der Waals surface area contributed by atoms with Crippen molar-refractivity contribution in [2.24, 2.45) is 7.05 Å². The molecule has 2 aliphatic rings. The molecule has 1 atom stereocenters. The lowest BCUT2D eigenvalue weighted by molar-refractivity contribution is 0.0729. The SMILES string of the molecule is Cn1ccn2ncc(C(=O)N3CCc4oc(C5CCOC5)nc4C3)c12. The van der Waals surface area contributed by atoms with E-state index in [1.54, 1.807) is 10.7 Å². The van der Waals surface area contributed by atoms with Gasteiger partial charge in [0.05, 0.1) is 25.3 Å². The second-order valence-corrected chi connectivity index (χ2v) is 6.69. The van der Waals surface area contributed by atoms with E-state index in [9.17, 15) is 4.79 Å². The van der Waals surface area contributed by atoms with Crippen LogP contribution < -0.4 is 0 Å². The van der Waals surface area contributed by atoms with Crippen LogP contribution in [0.5, 0.6) is 0 Å². The lowest BCUT2D eigenvalue weighted by Gasteiger charge is -2.24. The molecule has 0 aliphatic carbocycles. The van der Waals surface area contributed by atoms with Gasteiger partial charge in [-0.1, -0.05) is 0 Å². The van der Waals surface area contributed by atoms with E-state index in [0.29, 0.717) is 31.7 Å². The normalized spacial score (nSPS) is 20.4. The Morgan fingerprint density at radius 2 is 2.28 bits per heavy atom. The summed E-state index contributed by atoms with van der Waals surface area (Å²) in [5.41, 5.74) is 2.29. The molecule has 25 heavy (non-hydrogen) atoms. The molecule has 0 bridgehead atoms. The second-order valence-electron chi connectivity index (χ2n) is 6.69. The zero-order valence-electron chi connectivity index (χ0n) is 14.0. The first-order chi connectivity index (χ1) is 12.2. The third-order valence-electron chi connectivity index (χ3n) is 5.08. The number of oxazole rings is 1. The molecule has 0 radical (unpaired) electrons. The summed E-state index contributed by atoms with van der Waals surface area (Å²) in [7, 11) is 1.91. The molecule has 8 nitrogen and oxygen atoms in total. The molecule has 1 unspecified atom stereocenters. The Balaban J connectivity index is 1.41. The minimum Gasteiger partial charge on any atom is -0.445 e. The zero-order chi connectivity index (χ0) is 17.0. The molecule has 3 aromatic rings. The summed E-state index contributed by atoms with van der Waals surface area (Å²) in [6, 6.07) is 0. The highest BCUT2D eigenvalue weighted by atomic mass is 16.5. The van der Waals surface area contributed by atoms with Crippen molar-refractivity contribution < 1.29 is 13.9 Å². The van der Waals surface area contributed by atoms with Gasteiger partial charge in [0, 0.05) is 39.0 Å². The van der Waals surface area contributed by atoms with Gasteiger partial charge in [-0.3, -0.25) is 4.79 Å². The molecule has 5 rings (SSSR count). The van der Waals surface area contributed by atoms with Gasteiger partial charge >= 0.3 is 0 Å². The van der Waals surface area contributed by atoms with Crippen molar-refractivity contribution in [2.75, 3.05) is 19.8 Å². The van der Waals surface area contributed by atoms with Crippen molar-refractivity contribution in [3.05, 3.63) is 41.5 Å². The fraction of sp³-hybridized carbons (Fsp3) is 0.471.